The van der Waals surface area contributed by atoms with Crippen molar-refractivity contribution < 1.29 is 13.2 Å². The third-order valence-corrected chi connectivity index (χ3v) is 5.55. The number of thiophene rings is 1. The largest absolute Gasteiger partial charge is 0.383 e. The first kappa shape index (κ1) is 16.5. The van der Waals surface area contributed by atoms with E-state index < -0.39 is 16.1 Å². The topological polar surface area (TPSA) is 55.4 Å². The van der Waals surface area contributed by atoms with E-state index in [1.165, 1.54) is 13.2 Å². The van der Waals surface area contributed by atoms with Gasteiger partial charge in [-0.05, 0) is 12.5 Å². The van der Waals surface area contributed by atoms with E-state index in [1.807, 2.05) is 0 Å². The molecule has 0 spiro atoms. The summed E-state index contributed by atoms with van der Waals surface area (Å²) < 4.78 is 32.0. The van der Waals surface area contributed by atoms with E-state index in [9.17, 15) is 8.42 Å². The van der Waals surface area contributed by atoms with Crippen molar-refractivity contribution in [1.82, 2.24) is 4.72 Å². The van der Waals surface area contributed by atoms with Crippen molar-refractivity contribution in [3.8, 4) is 0 Å². The van der Waals surface area contributed by atoms with Gasteiger partial charge in [-0.25, -0.2) is 13.1 Å². The van der Waals surface area contributed by atoms with Gasteiger partial charge in [-0.1, -0.05) is 23.2 Å². The summed E-state index contributed by atoms with van der Waals surface area (Å²) in [6.45, 7) is 0.238. The predicted octanol–water partition coefficient (Wildman–Crippen LogP) is 2.98. The molecule has 1 rings (SSSR count). The van der Waals surface area contributed by atoms with Crippen LogP contribution in [0.3, 0.4) is 0 Å². The first-order valence-corrected chi connectivity index (χ1v) is 8.51. The van der Waals surface area contributed by atoms with Gasteiger partial charge in [0.05, 0.1) is 10.9 Å². The summed E-state index contributed by atoms with van der Waals surface area (Å²) in [6, 6.07) is 0.925. The van der Waals surface area contributed by atoms with Gasteiger partial charge in [-0.3, -0.25) is 0 Å². The van der Waals surface area contributed by atoms with Gasteiger partial charge in [0, 0.05) is 19.0 Å². The molecule has 0 fully saturated rings. The molecule has 0 aliphatic rings. The Balaban J connectivity index is 2.89. The summed E-state index contributed by atoms with van der Waals surface area (Å²) in [5, 5.41) is 0. The molecule has 0 saturated heterocycles. The van der Waals surface area contributed by atoms with Crippen molar-refractivity contribution in [1.29, 1.82) is 0 Å². The minimum atomic E-state index is -3.71. The predicted molar refractivity (Wildman–Crippen MR) is 75.7 cm³/mol. The monoisotopic (exact) mass is 351 g/mol. The lowest BCUT2D eigenvalue weighted by atomic mass is 10.3. The zero-order valence-corrected chi connectivity index (χ0v) is 13.4. The van der Waals surface area contributed by atoms with E-state index in [4.69, 9.17) is 39.5 Å². The van der Waals surface area contributed by atoms with Crippen molar-refractivity contribution in [3.63, 3.8) is 0 Å². The van der Waals surface area contributed by atoms with E-state index >= 15 is 0 Å². The third kappa shape index (κ3) is 4.52. The Morgan fingerprint density at radius 3 is 2.61 bits per heavy atom. The summed E-state index contributed by atoms with van der Waals surface area (Å²) in [5.74, 6) is 0.328. The smallest absolute Gasteiger partial charge is 0.243 e. The molecule has 0 radical (unpaired) electrons. The standard InChI is InChI=1S/C9H12Cl3NO3S2/c1-16-5-6(2-3-10)13-18(14,15)7-4-8(11)17-9(7)12/h4,6,13H,2-3,5H2,1H3. The quantitative estimate of drug-likeness (QED) is 0.768. The lowest BCUT2D eigenvalue weighted by Crippen LogP contribution is -2.38. The highest BCUT2D eigenvalue weighted by Gasteiger charge is 2.24. The second kappa shape index (κ2) is 7.28. The molecule has 1 heterocycles. The maximum absolute atomic E-state index is 12.1. The molecule has 0 bridgehead atoms. The second-order valence-electron chi connectivity index (χ2n) is 3.44. The number of methoxy groups -OCH3 is 1. The van der Waals surface area contributed by atoms with E-state index in [2.05, 4.69) is 4.72 Å². The SMILES string of the molecule is COCC(CCCl)NS(=O)(=O)c1cc(Cl)sc1Cl. The van der Waals surface area contributed by atoms with E-state index in [0.717, 1.165) is 11.3 Å². The molecular weight excluding hydrogens is 341 g/mol. The zero-order valence-electron chi connectivity index (χ0n) is 9.45. The number of sulfonamides is 1. The maximum Gasteiger partial charge on any atom is 0.243 e. The third-order valence-electron chi connectivity index (χ3n) is 2.06. The van der Waals surface area contributed by atoms with Gasteiger partial charge < -0.3 is 4.74 Å². The molecule has 1 atom stereocenters. The highest BCUT2D eigenvalue weighted by atomic mass is 35.5. The van der Waals surface area contributed by atoms with E-state index in [1.54, 1.807) is 0 Å². The van der Waals surface area contributed by atoms with E-state index in [-0.39, 0.29) is 15.8 Å². The van der Waals surface area contributed by atoms with Crippen molar-refractivity contribution >= 4 is 56.2 Å². The molecule has 104 valence electrons. The number of alkyl halides is 1. The first-order valence-electron chi connectivity index (χ1n) is 4.92. The van der Waals surface area contributed by atoms with Crippen LogP contribution in [-0.4, -0.2) is 34.1 Å². The van der Waals surface area contributed by atoms with Crippen molar-refractivity contribution in [2.24, 2.45) is 0 Å². The molecule has 0 amide bonds. The Hall–Kier alpha value is 0.440. The number of rotatable bonds is 7. The summed E-state index contributed by atoms with van der Waals surface area (Å²) in [5.41, 5.74) is 0. The molecule has 9 heteroatoms. The molecule has 1 N–H and O–H groups in total. The lowest BCUT2D eigenvalue weighted by molar-refractivity contribution is 0.173. The van der Waals surface area contributed by atoms with Crippen LogP contribution in [0.15, 0.2) is 11.0 Å². The minimum Gasteiger partial charge on any atom is -0.383 e. The molecule has 1 unspecified atom stereocenters. The molecule has 0 aliphatic heterocycles. The van der Waals surface area contributed by atoms with Crippen LogP contribution in [0.5, 0.6) is 0 Å². The fraction of sp³-hybridized carbons (Fsp3) is 0.556. The fourth-order valence-corrected chi connectivity index (χ4v) is 4.97. The van der Waals surface area contributed by atoms with Gasteiger partial charge in [0.25, 0.3) is 0 Å². The molecular formula is C9H12Cl3NO3S2. The molecule has 1 aromatic rings. The highest BCUT2D eigenvalue weighted by Crippen LogP contribution is 2.34. The van der Waals surface area contributed by atoms with Gasteiger partial charge in [0.1, 0.15) is 9.23 Å². The van der Waals surface area contributed by atoms with Crippen molar-refractivity contribution in [3.05, 3.63) is 14.7 Å². The molecule has 4 nitrogen and oxygen atoms in total. The van der Waals surface area contributed by atoms with Crippen LogP contribution in [0.1, 0.15) is 6.42 Å². The number of hydrogen-bond donors (Lipinski definition) is 1. The van der Waals surface area contributed by atoms with Crippen LogP contribution in [0.25, 0.3) is 0 Å². The Morgan fingerprint density at radius 2 is 2.17 bits per heavy atom. The average molecular weight is 353 g/mol. The fourth-order valence-electron chi connectivity index (χ4n) is 1.30. The van der Waals surface area contributed by atoms with Gasteiger partial charge in [0.15, 0.2) is 0 Å². The first-order chi connectivity index (χ1) is 8.40. The minimum absolute atomic E-state index is 0.0187. The van der Waals surface area contributed by atoms with Crippen molar-refractivity contribution in [2.45, 2.75) is 17.4 Å². The van der Waals surface area contributed by atoms with Crippen LogP contribution in [0.4, 0.5) is 0 Å². The number of hydrogen-bond acceptors (Lipinski definition) is 4. The summed E-state index contributed by atoms with van der Waals surface area (Å²) in [4.78, 5) is -0.0187. The highest BCUT2D eigenvalue weighted by molar-refractivity contribution is 7.89. The maximum atomic E-state index is 12.1. The van der Waals surface area contributed by atoms with E-state index in [0.29, 0.717) is 16.6 Å². The molecule has 1 aromatic heterocycles. The average Bonchev–Trinajstić information content (AvgIpc) is 2.59. The number of halogens is 3. The van der Waals surface area contributed by atoms with Gasteiger partial charge >= 0.3 is 0 Å². The Labute approximate surface area is 125 Å². The van der Waals surface area contributed by atoms with Gasteiger partial charge in [0.2, 0.25) is 10.0 Å². The van der Waals surface area contributed by atoms with Crippen molar-refractivity contribution in [2.75, 3.05) is 19.6 Å². The molecule has 0 aliphatic carbocycles. The lowest BCUT2D eigenvalue weighted by Gasteiger charge is -2.16. The Bertz CT molecular complexity index is 483. The van der Waals surface area contributed by atoms with Crippen LogP contribution in [0.2, 0.25) is 8.67 Å². The van der Waals surface area contributed by atoms with Gasteiger partial charge in [-0.15, -0.1) is 22.9 Å². The summed E-state index contributed by atoms with van der Waals surface area (Å²) in [6.07, 6.45) is 0.462. The normalized spacial score (nSPS) is 13.8. The summed E-state index contributed by atoms with van der Waals surface area (Å²) in [7, 11) is -2.22. The Kier molecular flexibility index (Phi) is 6.67. The van der Waals surface area contributed by atoms with Crippen LogP contribution < -0.4 is 4.72 Å². The molecule has 18 heavy (non-hydrogen) atoms. The number of nitrogens with one attached hydrogen (secondary N) is 1. The van der Waals surface area contributed by atoms with Crippen LogP contribution in [-0.2, 0) is 14.8 Å². The Morgan fingerprint density at radius 1 is 1.50 bits per heavy atom. The van der Waals surface area contributed by atoms with Crippen LogP contribution in [0, 0.1) is 0 Å². The second-order valence-corrected chi connectivity index (χ2v) is 7.79. The number of ether oxygens (including phenoxy) is 1. The molecule has 0 saturated carbocycles. The van der Waals surface area contributed by atoms with Gasteiger partial charge in [-0.2, -0.15) is 0 Å². The van der Waals surface area contributed by atoms with Crippen LogP contribution >= 0.6 is 46.1 Å². The summed E-state index contributed by atoms with van der Waals surface area (Å²) >= 11 is 18.2. The molecule has 0 aromatic carbocycles. The zero-order chi connectivity index (χ0) is 13.8.